The predicted molar refractivity (Wildman–Crippen MR) is 51.6 cm³/mol. The third-order valence-electron chi connectivity index (χ3n) is 1.36. The van der Waals surface area contributed by atoms with E-state index in [0.29, 0.717) is 0 Å². The maximum absolute atomic E-state index is 4.16. The number of hydrogen-bond donors (Lipinski definition) is 0. The lowest BCUT2D eigenvalue weighted by atomic mass is 10.2. The van der Waals surface area contributed by atoms with Gasteiger partial charge in [-0.3, -0.25) is 9.98 Å². The molecule has 0 bridgehead atoms. The van der Waals surface area contributed by atoms with Gasteiger partial charge in [-0.05, 0) is 19.9 Å². The van der Waals surface area contributed by atoms with E-state index in [4.69, 9.17) is 0 Å². The summed E-state index contributed by atoms with van der Waals surface area (Å²) in [6.45, 7) is 8.01. The van der Waals surface area contributed by atoms with Gasteiger partial charge in [0.1, 0.15) is 0 Å². The van der Waals surface area contributed by atoms with E-state index in [-0.39, 0.29) is 6.04 Å². The smallest absolute Gasteiger partial charge is 0.0849 e. The number of nitrogens with zero attached hydrogens (tertiary/aromatic N) is 2. The van der Waals surface area contributed by atoms with Crippen molar-refractivity contribution in [3.05, 3.63) is 12.3 Å². The van der Waals surface area contributed by atoms with Gasteiger partial charge < -0.3 is 0 Å². The first-order valence-corrected chi connectivity index (χ1v) is 4.03. The average molecular weight is 152 g/mol. The lowest BCUT2D eigenvalue weighted by Crippen LogP contribution is -2.08. The quantitative estimate of drug-likeness (QED) is 0.509. The second-order valence-corrected chi connectivity index (χ2v) is 2.09. The minimum absolute atomic E-state index is 0.250. The molecule has 0 spiro atoms. The zero-order chi connectivity index (χ0) is 8.69. The van der Waals surface area contributed by atoms with Gasteiger partial charge in [-0.1, -0.05) is 13.8 Å². The van der Waals surface area contributed by atoms with Gasteiger partial charge in [0, 0.05) is 18.1 Å². The zero-order valence-electron chi connectivity index (χ0n) is 7.70. The Kier molecular flexibility index (Phi) is 5.35. The topological polar surface area (TPSA) is 24.7 Å². The first-order chi connectivity index (χ1) is 5.30. The predicted octanol–water partition coefficient (Wildman–Crippen LogP) is 2.46. The van der Waals surface area contributed by atoms with Crippen molar-refractivity contribution in [2.75, 3.05) is 0 Å². The second-order valence-electron chi connectivity index (χ2n) is 2.09. The number of aliphatic imine (C=N–C) groups is 2. The van der Waals surface area contributed by atoms with Crippen LogP contribution in [0, 0.1) is 0 Å². The molecule has 1 aliphatic heterocycles. The van der Waals surface area contributed by atoms with Crippen molar-refractivity contribution in [2.45, 2.75) is 33.7 Å². The second kappa shape index (κ2) is 5.83. The molecule has 0 aromatic carbocycles. The normalized spacial score (nSPS) is 21.5. The molecule has 0 N–H and O–H groups in total. The minimum Gasteiger partial charge on any atom is -0.284 e. The summed E-state index contributed by atoms with van der Waals surface area (Å²) in [5, 5.41) is 0. The summed E-state index contributed by atoms with van der Waals surface area (Å²) >= 11 is 0. The SMILES string of the molecule is CC.CC1=NC=CC=NC1C. The van der Waals surface area contributed by atoms with Crippen LogP contribution in [0.1, 0.15) is 27.7 Å². The molecule has 0 aromatic heterocycles. The van der Waals surface area contributed by atoms with Crippen molar-refractivity contribution < 1.29 is 0 Å². The van der Waals surface area contributed by atoms with Crippen molar-refractivity contribution in [1.82, 2.24) is 0 Å². The largest absolute Gasteiger partial charge is 0.284 e. The first-order valence-electron chi connectivity index (χ1n) is 4.03. The van der Waals surface area contributed by atoms with E-state index in [1.807, 2.05) is 33.8 Å². The molecule has 2 nitrogen and oxygen atoms in total. The van der Waals surface area contributed by atoms with Gasteiger partial charge in [0.25, 0.3) is 0 Å². The molecule has 1 heterocycles. The molecule has 0 fully saturated rings. The Bertz CT molecular complexity index is 178. The number of allylic oxidation sites excluding steroid dienone is 1. The van der Waals surface area contributed by atoms with Gasteiger partial charge in [-0.25, -0.2) is 0 Å². The van der Waals surface area contributed by atoms with Gasteiger partial charge in [-0.15, -0.1) is 0 Å². The molecular weight excluding hydrogens is 136 g/mol. The van der Waals surface area contributed by atoms with E-state index in [1.54, 1.807) is 12.4 Å². The van der Waals surface area contributed by atoms with E-state index in [0.717, 1.165) is 5.71 Å². The van der Waals surface area contributed by atoms with Crippen LogP contribution in [0.5, 0.6) is 0 Å². The van der Waals surface area contributed by atoms with Gasteiger partial charge in [0.15, 0.2) is 0 Å². The van der Waals surface area contributed by atoms with Gasteiger partial charge in [0.2, 0.25) is 0 Å². The van der Waals surface area contributed by atoms with Gasteiger partial charge >= 0.3 is 0 Å². The summed E-state index contributed by atoms with van der Waals surface area (Å²) in [5.41, 5.74) is 1.07. The molecule has 1 rings (SSSR count). The zero-order valence-corrected chi connectivity index (χ0v) is 7.70. The summed E-state index contributed by atoms with van der Waals surface area (Å²) in [4.78, 5) is 8.28. The summed E-state index contributed by atoms with van der Waals surface area (Å²) in [6, 6.07) is 0.250. The highest BCUT2D eigenvalue weighted by molar-refractivity contribution is 5.90. The van der Waals surface area contributed by atoms with Crippen molar-refractivity contribution in [2.24, 2.45) is 9.98 Å². The van der Waals surface area contributed by atoms with Crippen LogP contribution in [0.3, 0.4) is 0 Å². The molecule has 0 saturated carbocycles. The van der Waals surface area contributed by atoms with E-state index < -0.39 is 0 Å². The van der Waals surface area contributed by atoms with Crippen LogP contribution >= 0.6 is 0 Å². The lowest BCUT2D eigenvalue weighted by Gasteiger charge is -2.00. The monoisotopic (exact) mass is 152 g/mol. The summed E-state index contributed by atoms with van der Waals surface area (Å²) in [5.74, 6) is 0. The molecule has 0 radical (unpaired) electrons. The van der Waals surface area contributed by atoms with Crippen LogP contribution in [0.4, 0.5) is 0 Å². The van der Waals surface area contributed by atoms with Crippen LogP contribution < -0.4 is 0 Å². The Morgan fingerprint density at radius 3 is 2.64 bits per heavy atom. The van der Waals surface area contributed by atoms with Crippen molar-refractivity contribution in [3.8, 4) is 0 Å². The first kappa shape index (κ1) is 10.1. The van der Waals surface area contributed by atoms with Crippen LogP contribution in [-0.2, 0) is 0 Å². The van der Waals surface area contributed by atoms with E-state index in [2.05, 4.69) is 9.98 Å². The highest BCUT2D eigenvalue weighted by atomic mass is 14.8. The maximum atomic E-state index is 4.16. The Hall–Kier alpha value is -0.920. The van der Waals surface area contributed by atoms with Gasteiger partial charge in [-0.2, -0.15) is 0 Å². The molecule has 0 amide bonds. The van der Waals surface area contributed by atoms with Crippen LogP contribution in [0.25, 0.3) is 0 Å². The Morgan fingerprint density at radius 1 is 1.36 bits per heavy atom. The number of rotatable bonds is 0. The van der Waals surface area contributed by atoms with Crippen LogP contribution in [0.15, 0.2) is 22.3 Å². The molecule has 2 heteroatoms. The fourth-order valence-electron chi connectivity index (χ4n) is 0.594. The van der Waals surface area contributed by atoms with Crippen LogP contribution in [0.2, 0.25) is 0 Å². The fourth-order valence-corrected chi connectivity index (χ4v) is 0.594. The van der Waals surface area contributed by atoms with Crippen LogP contribution in [-0.4, -0.2) is 18.0 Å². The van der Waals surface area contributed by atoms with E-state index in [9.17, 15) is 0 Å². The highest BCUT2D eigenvalue weighted by Crippen LogP contribution is 1.96. The fraction of sp³-hybridized carbons (Fsp3) is 0.556. The Labute approximate surface area is 68.8 Å². The standard InChI is InChI=1S/C7H10N2.C2H6/c1-6-7(2)9-5-3-4-8-6;1-2/h3-6H,1-2H3;1-2H3. The minimum atomic E-state index is 0.250. The van der Waals surface area contributed by atoms with Crippen molar-refractivity contribution >= 4 is 11.9 Å². The summed E-state index contributed by atoms with van der Waals surface area (Å²) in [6.07, 6.45) is 5.39. The summed E-state index contributed by atoms with van der Waals surface area (Å²) in [7, 11) is 0. The number of hydrogen-bond acceptors (Lipinski definition) is 2. The molecule has 1 unspecified atom stereocenters. The Balaban J connectivity index is 0.000000461. The lowest BCUT2D eigenvalue weighted by molar-refractivity contribution is 0.977. The highest BCUT2D eigenvalue weighted by Gasteiger charge is 2.00. The molecule has 0 aliphatic carbocycles. The Morgan fingerprint density at radius 2 is 2.00 bits per heavy atom. The summed E-state index contributed by atoms with van der Waals surface area (Å²) < 4.78 is 0. The van der Waals surface area contributed by atoms with E-state index in [1.165, 1.54) is 0 Å². The molecule has 1 aliphatic rings. The maximum Gasteiger partial charge on any atom is 0.0849 e. The van der Waals surface area contributed by atoms with Gasteiger partial charge in [0.05, 0.1) is 6.04 Å². The molecule has 1 atom stereocenters. The molecule has 0 aromatic rings. The third kappa shape index (κ3) is 3.71. The average Bonchev–Trinajstić information content (AvgIpc) is 2.22. The van der Waals surface area contributed by atoms with Crippen molar-refractivity contribution in [3.63, 3.8) is 0 Å². The molecule has 11 heavy (non-hydrogen) atoms. The third-order valence-corrected chi connectivity index (χ3v) is 1.36. The van der Waals surface area contributed by atoms with E-state index >= 15 is 0 Å². The molecule has 62 valence electrons. The van der Waals surface area contributed by atoms with Crippen molar-refractivity contribution in [1.29, 1.82) is 0 Å². The molecular formula is C9H16N2. The molecule has 0 saturated heterocycles.